The molecule has 69 heavy (non-hydrogen) atoms. The van der Waals surface area contributed by atoms with Gasteiger partial charge in [0.05, 0.1) is 0 Å². The SMILES string of the molecule is CC/C=C\C/C=C\C/C=C\C/C=C\CCCCCC(=O)OC(COC(=O)CCCCCCC/C=C\CCCCCCCCC)COC(=O)CCCCCCCCC/C=C\CCCCCCCCCC. The van der Waals surface area contributed by atoms with E-state index in [4.69, 9.17) is 14.2 Å². The van der Waals surface area contributed by atoms with Crippen LogP contribution in [-0.4, -0.2) is 37.2 Å². The van der Waals surface area contributed by atoms with E-state index in [2.05, 4.69) is 93.7 Å². The lowest BCUT2D eigenvalue weighted by atomic mass is 10.1. The molecule has 0 saturated heterocycles. The molecule has 0 saturated carbocycles. The van der Waals surface area contributed by atoms with Crippen LogP contribution in [0.1, 0.15) is 290 Å². The molecule has 0 aliphatic rings. The van der Waals surface area contributed by atoms with Crippen molar-refractivity contribution < 1.29 is 28.6 Å². The van der Waals surface area contributed by atoms with Crippen LogP contribution >= 0.6 is 0 Å². The van der Waals surface area contributed by atoms with Gasteiger partial charge in [-0.25, -0.2) is 0 Å². The Hall–Kier alpha value is -3.15. The molecule has 0 radical (unpaired) electrons. The Morgan fingerprint density at radius 3 is 0.913 bits per heavy atom. The first-order valence-corrected chi connectivity index (χ1v) is 29.4. The van der Waals surface area contributed by atoms with Gasteiger partial charge in [-0.2, -0.15) is 0 Å². The second-order valence-corrected chi connectivity index (χ2v) is 19.5. The summed E-state index contributed by atoms with van der Waals surface area (Å²) >= 11 is 0. The van der Waals surface area contributed by atoms with Gasteiger partial charge >= 0.3 is 17.9 Å². The van der Waals surface area contributed by atoms with Crippen molar-refractivity contribution >= 4 is 17.9 Å². The van der Waals surface area contributed by atoms with Crippen molar-refractivity contribution in [3.05, 3.63) is 72.9 Å². The average molecular weight is 964 g/mol. The molecular weight excluding hydrogens is 853 g/mol. The number of carbonyl (C=O) groups excluding carboxylic acids is 3. The maximum absolute atomic E-state index is 12.8. The summed E-state index contributed by atoms with van der Waals surface area (Å²) in [6.45, 7) is 6.51. The van der Waals surface area contributed by atoms with Crippen LogP contribution in [0.15, 0.2) is 72.9 Å². The van der Waals surface area contributed by atoms with E-state index in [1.165, 1.54) is 154 Å². The standard InChI is InChI=1S/C63H110O6/c1-4-7-10-13-16-19-22-25-28-31-32-33-36-38-41-44-47-50-53-56-62(65)68-59-60(69-63(66)57-54-51-48-45-42-39-35-30-27-24-21-18-15-12-9-6-3)58-67-61(64)55-52-49-46-43-40-37-34-29-26-23-20-17-14-11-8-5-2/h9,12,18,21,27,29-32,34,39,42,60H,4-8,10-11,13-17,19-20,22-26,28,33,35-38,40-41,43-59H2,1-3H3/b12-9-,21-18-,30-27-,32-31-,34-29-,42-39-. The van der Waals surface area contributed by atoms with Crippen molar-refractivity contribution in [2.24, 2.45) is 0 Å². The van der Waals surface area contributed by atoms with Crippen LogP contribution in [0.5, 0.6) is 0 Å². The summed E-state index contributed by atoms with van der Waals surface area (Å²) in [5.41, 5.74) is 0. The number of hydrogen-bond acceptors (Lipinski definition) is 6. The normalized spacial score (nSPS) is 12.6. The quantitative estimate of drug-likeness (QED) is 0.0262. The summed E-state index contributed by atoms with van der Waals surface area (Å²) in [4.78, 5) is 38.2. The first-order chi connectivity index (χ1) is 34.0. The Morgan fingerprint density at radius 1 is 0.304 bits per heavy atom. The highest BCUT2D eigenvalue weighted by Crippen LogP contribution is 2.15. The Bertz CT molecular complexity index is 1290. The van der Waals surface area contributed by atoms with Gasteiger partial charge in [-0.3, -0.25) is 14.4 Å². The predicted molar refractivity (Wildman–Crippen MR) is 298 cm³/mol. The zero-order valence-electron chi connectivity index (χ0n) is 45.6. The van der Waals surface area contributed by atoms with E-state index in [-0.39, 0.29) is 37.5 Å². The lowest BCUT2D eigenvalue weighted by Crippen LogP contribution is -2.30. The third-order valence-electron chi connectivity index (χ3n) is 12.7. The Labute approximate surface area is 427 Å². The number of unbranched alkanes of at least 4 members (excludes halogenated alkanes) is 30. The van der Waals surface area contributed by atoms with E-state index in [1.807, 2.05) is 0 Å². The molecule has 0 aliphatic carbocycles. The van der Waals surface area contributed by atoms with E-state index >= 15 is 0 Å². The summed E-state index contributed by atoms with van der Waals surface area (Å²) in [6.07, 6.45) is 73.2. The van der Waals surface area contributed by atoms with Gasteiger partial charge in [0.1, 0.15) is 13.2 Å². The molecule has 0 amide bonds. The number of esters is 3. The first kappa shape index (κ1) is 65.8. The summed E-state index contributed by atoms with van der Waals surface area (Å²) in [5.74, 6) is -0.927. The molecule has 0 N–H and O–H groups in total. The monoisotopic (exact) mass is 963 g/mol. The number of carbonyl (C=O) groups is 3. The van der Waals surface area contributed by atoms with Crippen LogP contribution in [0.25, 0.3) is 0 Å². The zero-order valence-corrected chi connectivity index (χ0v) is 45.6. The Balaban J connectivity index is 4.42. The minimum absolute atomic E-state index is 0.0925. The van der Waals surface area contributed by atoms with Gasteiger partial charge < -0.3 is 14.2 Å². The highest BCUT2D eigenvalue weighted by atomic mass is 16.6. The Kier molecular flexibility index (Phi) is 54.8. The number of rotatable bonds is 53. The fourth-order valence-electron chi connectivity index (χ4n) is 8.25. The van der Waals surface area contributed by atoms with Crippen molar-refractivity contribution in [2.45, 2.75) is 297 Å². The summed E-state index contributed by atoms with van der Waals surface area (Å²) in [7, 11) is 0. The second-order valence-electron chi connectivity index (χ2n) is 19.5. The molecule has 0 fully saturated rings. The summed E-state index contributed by atoms with van der Waals surface area (Å²) in [6, 6.07) is 0. The first-order valence-electron chi connectivity index (χ1n) is 29.4. The van der Waals surface area contributed by atoms with Gasteiger partial charge in [0.15, 0.2) is 6.10 Å². The molecule has 1 unspecified atom stereocenters. The molecule has 6 nitrogen and oxygen atoms in total. The van der Waals surface area contributed by atoms with Crippen molar-refractivity contribution in [2.75, 3.05) is 13.2 Å². The van der Waals surface area contributed by atoms with Gasteiger partial charge in [-0.15, -0.1) is 0 Å². The van der Waals surface area contributed by atoms with Crippen LogP contribution in [0.4, 0.5) is 0 Å². The van der Waals surface area contributed by atoms with E-state index in [0.717, 1.165) is 96.3 Å². The van der Waals surface area contributed by atoms with E-state index < -0.39 is 6.10 Å². The smallest absolute Gasteiger partial charge is 0.306 e. The minimum atomic E-state index is -0.798. The van der Waals surface area contributed by atoms with Crippen LogP contribution in [0, 0.1) is 0 Å². The summed E-state index contributed by atoms with van der Waals surface area (Å²) < 4.78 is 16.9. The van der Waals surface area contributed by atoms with E-state index in [0.29, 0.717) is 12.8 Å². The lowest BCUT2D eigenvalue weighted by molar-refractivity contribution is -0.167. The second kappa shape index (κ2) is 57.4. The topological polar surface area (TPSA) is 78.9 Å². The van der Waals surface area contributed by atoms with E-state index in [1.54, 1.807) is 0 Å². The lowest BCUT2D eigenvalue weighted by Gasteiger charge is -2.18. The van der Waals surface area contributed by atoms with Gasteiger partial charge in [-0.05, 0) is 109 Å². The maximum atomic E-state index is 12.8. The van der Waals surface area contributed by atoms with Crippen LogP contribution in [0.3, 0.4) is 0 Å². The fraction of sp³-hybridized carbons (Fsp3) is 0.762. The molecule has 0 aromatic heterocycles. The minimum Gasteiger partial charge on any atom is -0.462 e. The van der Waals surface area contributed by atoms with Crippen LogP contribution in [-0.2, 0) is 28.6 Å². The molecule has 0 aromatic carbocycles. The number of ether oxygens (including phenoxy) is 3. The van der Waals surface area contributed by atoms with Gasteiger partial charge in [-0.1, -0.05) is 235 Å². The van der Waals surface area contributed by atoms with Crippen molar-refractivity contribution in [3.8, 4) is 0 Å². The largest absolute Gasteiger partial charge is 0.462 e. The third kappa shape index (κ3) is 55.6. The van der Waals surface area contributed by atoms with Gasteiger partial charge in [0.2, 0.25) is 0 Å². The van der Waals surface area contributed by atoms with Crippen molar-refractivity contribution in [1.29, 1.82) is 0 Å². The van der Waals surface area contributed by atoms with Gasteiger partial charge in [0.25, 0.3) is 0 Å². The fourth-order valence-corrected chi connectivity index (χ4v) is 8.25. The highest BCUT2D eigenvalue weighted by molar-refractivity contribution is 5.71. The number of allylic oxidation sites excluding steroid dienone is 12. The van der Waals surface area contributed by atoms with E-state index in [9.17, 15) is 14.4 Å². The van der Waals surface area contributed by atoms with Crippen LogP contribution < -0.4 is 0 Å². The molecule has 0 aromatic rings. The van der Waals surface area contributed by atoms with Crippen LogP contribution in [0.2, 0.25) is 0 Å². The molecule has 398 valence electrons. The van der Waals surface area contributed by atoms with Crippen molar-refractivity contribution in [1.82, 2.24) is 0 Å². The molecule has 6 heteroatoms. The summed E-state index contributed by atoms with van der Waals surface area (Å²) in [5, 5.41) is 0. The third-order valence-corrected chi connectivity index (χ3v) is 12.7. The molecule has 1 atom stereocenters. The highest BCUT2D eigenvalue weighted by Gasteiger charge is 2.19. The zero-order chi connectivity index (χ0) is 50.0. The average Bonchev–Trinajstić information content (AvgIpc) is 3.35. The molecule has 0 rings (SSSR count). The van der Waals surface area contributed by atoms with Gasteiger partial charge in [0, 0.05) is 19.3 Å². The number of hydrogen-bond donors (Lipinski definition) is 0. The molecule has 0 heterocycles. The molecule has 0 aliphatic heterocycles. The van der Waals surface area contributed by atoms with Crippen molar-refractivity contribution in [3.63, 3.8) is 0 Å². The molecule has 0 bridgehead atoms. The Morgan fingerprint density at radius 2 is 0.565 bits per heavy atom. The maximum Gasteiger partial charge on any atom is 0.306 e. The predicted octanol–water partition coefficient (Wildman–Crippen LogP) is 19.8. The molecular formula is C63H110O6. The molecule has 0 spiro atoms.